The van der Waals surface area contributed by atoms with Gasteiger partial charge in [-0.3, -0.25) is 14.4 Å². The Morgan fingerprint density at radius 2 is 2.12 bits per heavy atom. The molecule has 1 aromatic rings. The molecule has 0 spiro atoms. The van der Waals surface area contributed by atoms with Crippen LogP contribution in [-0.2, 0) is 19.1 Å². The first-order chi connectivity index (χ1) is 12.3. The third-order valence-electron chi connectivity index (χ3n) is 3.56. The number of anilines is 2. The number of rotatable bonds is 7. The number of morpholine rings is 1. The highest BCUT2D eigenvalue weighted by molar-refractivity contribution is 6.09. The second-order valence-electron chi connectivity index (χ2n) is 5.27. The third-order valence-corrected chi connectivity index (χ3v) is 3.56. The molecule has 1 atom stereocenters. The summed E-state index contributed by atoms with van der Waals surface area (Å²) in [5.41, 5.74) is 5.31. The van der Waals surface area contributed by atoms with Crippen molar-refractivity contribution in [2.75, 3.05) is 37.0 Å². The first-order valence-electron chi connectivity index (χ1n) is 7.58. The van der Waals surface area contributed by atoms with Gasteiger partial charge < -0.3 is 30.7 Å². The van der Waals surface area contributed by atoms with E-state index in [1.54, 1.807) is 0 Å². The van der Waals surface area contributed by atoms with E-state index < -0.39 is 30.4 Å². The van der Waals surface area contributed by atoms with Gasteiger partial charge in [0.2, 0.25) is 5.91 Å². The Bertz CT molecular complexity index is 701. The van der Waals surface area contributed by atoms with Gasteiger partial charge in [0.05, 0.1) is 12.3 Å². The fourth-order valence-electron chi connectivity index (χ4n) is 2.39. The predicted octanol–water partition coefficient (Wildman–Crippen LogP) is -0.337. The quantitative estimate of drug-likeness (QED) is 0.563. The lowest BCUT2D eigenvalue weighted by atomic mass is 10.2. The summed E-state index contributed by atoms with van der Waals surface area (Å²) < 4.78 is 35.0. The van der Waals surface area contributed by atoms with Crippen molar-refractivity contribution in [3.05, 3.63) is 18.2 Å². The largest absolute Gasteiger partial charge is 0.433 e. The molecule has 11 heteroatoms. The Kier molecular flexibility index (Phi) is 6.41. The fourth-order valence-corrected chi connectivity index (χ4v) is 2.39. The minimum absolute atomic E-state index is 0.0941. The van der Waals surface area contributed by atoms with E-state index in [9.17, 15) is 23.2 Å². The summed E-state index contributed by atoms with van der Waals surface area (Å²) in [7, 11) is 1.37. The molecule has 0 aromatic heterocycles. The Morgan fingerprint density at radius 3 is 2.69 bits per heavy atom. The highest BCUT2D eigenvalue weighted by atomic mass is 19.3. The van der Waals surface area contributed by atoms with Crippen molar-refractivity contribution in [3.63, 3.8) is 0 Å². The van der Waals surface area contributed by atoms with E-state index in [0.29, 0.717) is 0 Å². The number of benzene rings is 1. The summed E-state index contributed by atoms with van der Waals surface area (Å²) in [6.07, 6.45) is 0. The van der Waals surface area contributed by atoms with Crippen molar-refractivity contribution in [3.8, 4) is 5.75 Å². The molecule has 1 heterocycles. The van der Waals surface area contributed by atoms with E-state index in [4.69, 9.17) is 10.5 Å². The number of carbonyl (C=O) groups excluding carboxylic acids is 3. The molecule has 0 aliphatic carbocycles. The minimum Gasteiger partial charge on any atom is -0.433 e. The second-order valence-corrected chi connectivity index (χ2v) is 5.27. The van der Waals surface area contributed by atoms with Crippen molar-refractivity contribution in [2.24, 2.45) is 5.73 Å². The van der Waals surface area contributed by atoms with E-state index in [1.807, 2.05) is 0 Å². The van der Waals surface area contributed by atoms with Gasteiger partial charge in [-0.1, -0.05) is 0 Å². The van der Waals surface area contributed by atoms with Crippen LogP contribution in [0.2, 0.25) is 0 Å². The average molecular weight is 372 g/mol. The number of nitrogens with two attached hydrogens (primary N) is 1. The monoisotopic (exact) mass is 372 g/mol. The number of halogens is 2. The Balaban J connectivity index is 2.28. The highest BCUT2D eigenvalue weighted by Gasteiger charge is 2.26. The highest BCUT2D eigenvalue weighted by Crippen LogP contribution is 2.33. The van der Waals surface area contributed by atoms with E-state index >= 15 is 0 Å². The van der Waals surface area contributed by atoms with Gasteiger partial charge in [-0.2, -0.15) is 8.78 Å². The van der Waals surface area contributed by atoms with Gasteiger partial charge >= 0.3 is 6.61 Å². The molecule has 1 aliphatic rings. The molecule has 1 saturated heterocycles. The number of hydrogen-bond donors (Lipinski definition) is 3. The van der Waals surface area contributed by atoms with Crippen molar-refractivity contribution in [2.45, 2.75) is 12.7 Å². The van der Waals surface area contributed by atoms with Gasteiger partial charge in [0.25, 0.3) is 11.8 Å². The molecule has 2 rings (SSSR count). The molecule has 0 saturated carbocycles. The molecular weight excluding hydrogens is 354 g/mol. The summed E-state index contributed by atoms with van der Waals surface area (Å²) in [5, 5.41) is 4.81. The van der Waals surface area contributed by atoms with Crippen LogP contribution in [0, 0.1) is 0 Å². The van der Waals surface area contributed by atoms with Crippen LogP contribution in [0.1, 0.15) is 0 Å². The summed E-state index contributed by atoms with van der Waals surface area (Å²) in [4.78, 5) is 36.4. The summed E-state index contributed by atoms with van der Waals surface area (Å²) >= 11 is 0. The van der Waals surface area contributed by atoms with Crippen LogP contribution in [0.25, 0.3) is 0 Å². The van der Waals surface area contributed by atoms with E-state index in [2.05, 4.69) is 15.4 Å². The van der Waals surface area contributed by atoms with Crippen LogP contribution >= 0.6 is 0 Å². The van der Waals surface area contributed by atoms with E-state index in [1.165, 1.54) is 24.1 Å². The normalized spacial score (nSPS) is 15.7. The lowest BCUT2D eigenvalue weighted by molar-refractivity contribution is -0.128. The van der Waals surface area contributed by atoms with Crippen LogP contribution in [0.4, 0.5) is 20.2 Å². The van der Waals surface area contributed by atoms with Crippen molar-refractivity contribution in [1.29, 1.82) is 0 Å². The number of amides is 3. The van der Waals surface area contributed by atoms with Gasteiger partial charge in [0.15, 0.2) is 11.8 Å². The van der Waals surface area contributed by atoms with Gasteiger partial charge in [0.1, 0.15) is 6.61 Å². The van der Waals surface area contributed by atoms with E-state index in [0.717, 1.165) is 6.07 Å². The molecule has 3 amide bonds. The Hall–Kier alpha value is -2.79. The molecule has 26 heavy (non-hydrogen) atoms. The lowest BCUT2D eigenvalue weighted by Gasteiger charge is -2.28. The van der Waals surface area contributed by atoms with E-state index in [-0.39, 0.29) is 36.9 Å². The smallest absolute Gasteiger partial charge is 0.387 e. The number of hydrogen-bond acceptors (Lipinski definition) is 6. The topological polar surface area (TPSA) is 123 Å². The number of nitrogens with zero attached hydrogens (tertiary/aromatic N) is 1. The Labute approximate surface area is 147 Å². The standard InChI is InChI=1S/C15H18F2N4O5/c1-19-12(13(18)23)14(24)20-8-2-3-9(10(6-8)26-15(16)17)21-4-5-25-7-11(21)22/h2-3,6,12,15,19H,4-5,7H2,1H3,(H2,18,23)(H,20,24)/t12-/m1/s1. The van der Waals surface area contributed by atoms with Gasteiger partial charge in [0, 0.05) is 18.3 Å². The molecule has 0 bridgehead atoms. The van der Waals surface area contributed by atoms with Crippen LogP contribution in [0.5, 0.6) is 5.75 Å². The zero-order valence-electron chi connectivity index (χ0n) is 13.8. The molecule has 1 aromatic carbocycles. The zero-order chi connectivity index (χ0) is 19.3. The SMILES string of the molecule is CN[C@H](C(N)=O)C(=O)Nc1ccc(N2CCOCC2=O)c(OC(F)F)c1. The molecular formula is C15H18F2N4O5. The number of nitrogens with one attached hydrogen (secondary N) is 2. The minimum atomic E-state index is -3.13. The zero-order valence-corrected chi connectivity index (χ0v) is 13.8. The summed E-state index contributed by atoms with van der Waals surface area (Å²) in [5.74, 6) is -2.37. The lowest BCUT2D eigenvalue weighted by Crippen LogP contribution is -2.48. The van der Waals surface area contributed by atoms with Crippen molar-refractivity contribution >= 4 is 29.1 Å². The van der Waals surface area contributed by atoms with Crippen LogP contribution in [-0.4, -0.2) is 57.2 Å². The van der Waals surface area contributed by atoms with Crippen LogP contribution < -0.4 is 26.0 Å². The first kappa shape index (κ1) is 19.5. The summed E-state index contributed by atoms with van der Waals surface area (Å²) in [6, 6.07) is 2.59. The molecule has 1 aliphatic heterocycles. The maximum absolute atomic E-state index is 12.7. The van der Waals surface area contributed by atoms with Gasteiger partial charge in [-0.15, -0.1) is 0 Å². The third kappa shape index (κ3) is 4.64. The molecule has 0 unspecified atom stereocenters. The predicted molar refractivity (Wildman–Crippen MR) is 86.9 cm³/mol. The number of primary amides is 1. The van der Waals surface area contributed by atoms with Gasteiger partial charge in [-0.25, -0.2) is 0 Å². The molecule has 1 fully saturated rings. The first-order valence-corrected chi connectivity index (χ1v) is 7.58. The molecule has 0 radical (unpaired) electrons. The average Bonchev–Trinajstić information content (AvgIpc) is 2.55. The van der Waals surface area contributed by atoms with Crippen LogP contribution in [0.3, 0.4) is 0 Å². The maximum atomic E-state index is 12.7. The molecule has 142 valence electrons. The Morgan fingerprint density at radius 1 is 1.38 bits per heavy atom. The van der Waals surface area contributed by atoms with Crippen LogP contribution in [0.15, 0.2) is 18.2 Å². The maximum Gasteiger partial charge on any atom is 0.387 e. The molecule has 9 nitrogen and oxygen atoms in total. The summed E-state index contributed by atoms with van der Waals surface area (Å²) in [6.45, 7) is -2.88. The second kappa shape index (κ2) is 8.54. The number of likely N-dealkylation sites (N-methyl/N-ethyl adjacent to an activating group) is 1. The molecule has 4 N–H and O–H groups in total. The van der Waals surface area contributed by atoms with Crippen molar-refractivity contribution < 1.29 is 32.6 Å². The number of ether oxygens (including phenoxy) is 2. The van der Waals surface area contributed by atoms with Gasteiger partial charge in [-0.05, 0) is 19.2 Å². The number of carbonyl (C=O) groups is 3. The van der Waals surface area contributed by atoms with Crippen molar-refractivity contribution in [1.82, 2.24) is 5.32 Å². The number of alkyl halides is 2. The fraction of sp³-hybridized carbons (Fsp3) is 0.400.